The molecule has 24 heavy (non-hydrogen) atoms. The summed E-state index contributed by atoms with van der Waals surface area (Å²) in [5, 5.41) is 3.37. The normalized spacial score (nSPS) is 12.8. The Morgan fingerprint density at radius 3 is 1.62 bits per heavy atom. The Morgan fingerprint density at radius 1 is 0.750 bits per heavy atom. The van der Waals surface area contributed by atoms with Crippen LogP contribution in [0.15, 0.2) is 0 Å². The molecule has 0 aliphatic carbocycles. The fraction of sp³-hybridized carbons (Fsp3) is 0.955. The van der Waals surface area contributed by atoms with Gasteiger partial charge < -0.3 is 5.32 Å². The van der Waals surface area contributed by atoms with E-state index in [0.29, 0.717) is 12.0 Å². The zero-order valence-electron chi connectivity index (χ0n) is 17.3. The molecule has 0 saturated carbocycles. The van der Waals surface area contributed by atoms with Gasteiger partial charge in [0.2, 0.25) is 5.91 Å². The monoisotopic (exact) mass is 339 g/mol. The van der Waals surface area contributed by atoms with Gasteiger partial charge in [0.1, 0.15) is 0 Å². The third kappa shape index (κ3) is 13.9. The molecule has 0 rings (SSSR count). The summed E-state index contributed by atoms with van der Waals surface area (Å²) in [6.07, 6.45) is 16.5. The van der Waals surface area contributed by atoms with Crippen molar-refractivity contribution in [1.29, 1.82) is 0 Å². The summed E-state index contributed by atoms with van der Waals surface area (Å²) in [6, 6.07) is 0.398. The van der Waals surface area contributed by atoms with Crippen molar-refractivity contribution in [2.24, 2.45) is 11.8 Å². The fourth-order valence-corrected chi connectivity index (χ4v) is 3.43. The second-order valence-electron chi connectivity index (χ2n) is 8.14. The SMILES string of the molecule is CCCCCCCC(CCCCCCC)NC(=O)C(C)CC(C)C. The van der Waals surface area contributed by atoms with Crippen LogP contribution in [0.4, 0.5) is 0 Å². The standard InChI is InChI=1S/C22H45NO/c1-6-8-10-12-14-16-21(17-15-13-11-9-7-2)23-22(24)20(5)18-19(3)4/h19-21H,6-18H2,1-5H3,(H,23,24). The highest BCUT2D eigenvalue weighted by molar-refractivity contribution is 5.78. The van der Waals surface area contributed by atoms with Crippen molar-refractivity contribution in [2.45, 2.75) is 124 Å². The van der Waals surface area contributed by atoms with Crippen LogP contribution in [0.2, 0.25) is 0 Å². The summed E-state index contributed by atoms with van der Waals surface area (Å²) in [5.41, 5.74) is 0. The third-order valence-electron chi connectivity index (χ3n) is 4.93. The first-order valence-electron chi connectivity index (χ1n) is 10.8. The van der Waals surface area contributed by atoms with E-state index in [9.17, 15) is 4.79 Å². The Bertz CT molecular complexity index is 274. The molecule has 0 saturated heterocycles. The van der Waals surface area contributed by atoms with Crippen molar-refractivity contribution >= 4 is 5.91 Å². The summed E-state index contributed by atoms with van der Waals surface area (Å²) < 4.78 is 0. The minimum Gasteiger partial charge on any atom is -0.353 e. The van der Waals surface area contributed by atoms with Crippen molar-refractivity contribution in [3.05, 3.63) is 0 Å². The molecule has 2 heteroatoms. The Kier molecular flexibility index (Phi) is 15.6. The van der Waals surface area contributed by atoms with Gasteiger partial charge in [0, 0.05) is 12.0 Å². The molecule has 0 aromatic rings. The van der Waals surface area contributed by atoms with Gasteiger partial charge in [-0.25, -0.2) is 0 Å². The molecule has 0 heterocycles. The number of carbonyl (C=O) groups is 1. The lowest BCUT2D eigenvalue weighted by atomic mass is 9.96. The van der Waals surface area contributed by atoms with Gasteiger partial charge in [-0.2, -0.15) is 0 Å². The van der Waals surface area contributed by atoms with Gasteiger partial charge in [0.05, 0.1) is 0 Å². The zero-order chi connectivity index (χ0) is 18.2. The van der Waals surface area contributed by atoms with Crippen LogP contribution in [0, 0.1) is 11.8 Å². The zero-order valence-corrected chi connectivity index (χ0v) is 17.3. The number of hydrogen-bond acceptors (Lipinski definition) is 1. The predicted molar refractivity (Wildman–Crippen MR) is 107 cm³/mol. The molecule has 0 spiro atoms. The van der Waals surface area contributed by atoms with Crippen molar-refractivity contribution < 1.29 is 4.79 Å². The van der Waals surface area contributed by atoms with E-state index in [1.807, 2.05) is 0 Å². The Balaban J connectivity index is 4.20. The molecule has 2 nitrogen and oxygen atoms in total. The van der Waals surface area contributed by atoms with Crippen LogP contribution in [0.3, 0.4) is 0 Å². The topological polar surface area (TPSA) is 29.1 Å². The van der Waals surface area contributed by atoms with Gasteiger partial charge in [0.25, 0.3) is 0 Å². The fourth-order valence-electron chi connectivity index (χ4n) is 3.43. The molecule has 0 aromatic carbocycles. The molecule has 0 aromatic heterocycles. The Labute approximate surface area is 152 Å². The minimum atomic E-state index is 0.146. The van der Waals surface area contributed by atoms with Gasteiger partial charge in [-0.15, -0.1) is 0 Å². The van der Waals surface area contributed by atoms with Crippen LogP contribution >= 0.6 is 0 Å². The maximum Gasteiger partial charge on any atom is 0.223 e. The average Bonchev–Trinajstić information content (AvgIpc) is 2.53. The number of hydrogen-bond donors (Lipinski definition) is 1. The van der Waals surface area contributed by atoms with Gasteiger partial charge in [-0.05, 0) is 25.2 Å². The van der Waals surface area contributed by atoms with E-state index in [1.54, 1.807) is 0 Å². The number of nitrogens with one attached hydrogen (secondary N) is 1. The number of rotatable bonds is 16. The summed E-state index contributed by atoms with van der Waals surface area (Å²) in [5.74, 6) is 1.01. The first kappa shape index (κ1) is 23.5. The number of amides is 1. The Hall–Kier alpha value is -0.530. The van der Waals surface area contributed by atoms with Gasteiger partial charge >= 0.3 is 0 Å². The van der Waals surface area contributed by atoms with Crippen LogP contribution < -0.4 is 5.32 Å². The van der Waals surface area contributed by atoms with Gasteiger partial charge in [-0.3, -0.25) is 4.79 Å². The summed E-state index contributed by atoms with van der Waals surface area (Å²) in [4.78, 5) is 12.4. The molecule has 0 radical (unpaired) electrons. The van der Waals surface area contributed by atoms with Crippen molar-refractivity contribution in [2.75, 3.05) is 0 Å². The smallest absolute Gasteiger partial charge is 0.223 e. The number of carbonyl (C=O) groups excluding carboxylic acids is 1. The van der Waals surface area contributed by atoms with E-state index in [0.717, 1.165) is 19.3 Å². The highest BCUT2D eigenvalue weighted by Crippen LogP contribution is 2.16. The molecule has 1 atom stereocenters. The lowest BCUT2D eigenvalue weighted by molar-refractivity contribution is -0.125. The summed E-state index contributed by atoms with van der Waals surface area (Å²) in [7, 11) is 0. The lowest BCUT2D eigenvalue weighted by Gasteiger charge is -2.22. The van der Waals surface area contributed by atoms with E-state index in [-0.39, 0.29) is 11.8 Å². The summed E-state index contributed by atoms with van der Waals surface area (Å²) >= 11 is 0. The van der Waals surface area contributed by atoms with E-state index < -0.39 is 0 Å². The van der Waals surface area contributed by atoms with Gasteiger partial charge in [-0.1, -0.05) is 98.8 Å². The minimum absolute atomic E-state index is 0.146. The highest BCUT2D eigenvalue weighted by Gasteiger charge is 2.18. The number of unbranched alkanes of at least 4 members (excludes halogenated alkanes) is 8. The molecule has 1 N–H and O–H groups in total. The quantitative estimate of drug-likeness (QED) is 0.305. The summed E-state index contributed by atoms with van der Waals surface area (Å²) in [6.45, 7) is 11.0. The van der Waals surface area contributed by atoms with E-state index in [2.05, 4.69) is 39.9 Å². The molecule has 0 aliphatic rings. The second kappa shape index (κ2) is 16.0. The van der Waals surface area contributed by atoms with Gasteiger partial charge in [0.15, 0.2) is 0 Å². The average molecular weight is 340 g/mol. The van der Waals surface area contributed by atoms with E-state index in [4.69, 9.17) is 0 Å². The molecule has 0 bridgehead atoms. The van der Waals surface area contributed by atoms with Crippen LogP contribution in [0.5, 0.6) is 0 Å². The molecule has 1 unspecified atom stereocenters. The third-order valence-corrected chi connectivity index (χ3v) is 4.93. The van der Waals surface area contributed by atoms with Crippen LogP contribution in [0.25, 0.3) is 0 Å². The molecular weight excluding hydrogens is 294 g/mol. The van der Waals surface area contributed by atoms with Crippen molar-refractivity contribution in [1.82, 2.24) is 5.32 Å². The first-order valence-corrected chi connectivity index (χ1v) is 10.8. The second-order valence-corrected chi connectivity index (χ2v) is 8.14. The maximum absolute atomic E-state index is 12.4. The van der Waals surface area contributed by atoms with Crippen molar-refractivity contribution in [3.8, 4) is 0 Å². The highest BCUT2D eigenvalue weighted by atomic mass is 16.1. The molecule has 0 fully saturated rings. The van der Waals surface area contributed by atoms with Crippen LogP contribution in [-0.4, -0.2) is 11.9 Å². The lowest BCUT2D eigenvalue weighted by Crippen LogP contribution is -2.38. The molecular formula is C22H45NO. The van der Waals surface area contributed by atoms with Crippen molar-refractivity contribution in [3.63, 3.8) is 0 Å². The largest absolute Gasteiger partial charge is 0.353 e. The predicted octanol–water partition coefficient (Wildman–Crippen LogP) is 6.87. The van der Waals surface area contributed by atoms with E-state index >= 15 is 0 Å². The molecule has 1 amide bonds. The first-order chi connectivity index (χ1) is 11.5. The molecule has 0 aliphatic heterocycles. The Morgan fingerprint density at radius 2 is 1.21 bits per heavy atom. The van der Waals surface area contributed by atoms with E-state index in [1.165, 1.54) is 64.2 Å². The van der Waals surface area contributed by atoms with Crippen LogP contribution in [-0.2, 0) is 4.79 Å². The van der Waals surface area contributed by atoms with Crippen LogP contribution in [0.1, 0.15) is 118 Å². The maximum atomic E-state index is 12.4. The molecule has 144 valence electrons.